The number of halogens is 2. The molecule has 1 aliphatic rings. The predicted octanol–water partition coefficient (Wildman–Crippen LogP) is 3.46. The van der Waals surface area contributed by atoms with Crippen LogP contribution in [0.4, 0.5) is 0 Å². The van der Waals surface area contributed by atoms with Crippen LogP contribution in [-0.2, 0) is 17.6 Å². The zero-order valence-corrected chi connectivity index (χ0v) is 21.4. The Labute approximate surface area is 206 Å². The van der Waals surface area contributed by atoms with Gasteiger partial charge in [0.2, 0.25) is 5.91 Å². The Morgan fingerprint density at radius 3 is 2.55 bits per heavy atom. The van der Waals surface area contributed by atoms with Crippen molar-refractivity contribution in [2.24, 2.45) is 4.99 Å². The largest absolute Gasteiger partial charge is 0.361 e. The molecule has 1 aliphatic heterocycles. The number of piperazine rings is 1. The van der Waals surface area contributed by atoms with Crippen molar-refractivity contribution >= 4 is 47.4 Å². The molecule has 1 fully saturated rings. The molecule has 31 heavy (non-hydrogen) atoms. The molecule has 7 nitrogen and oxygen atoms in total. The van der Waals surface area contributed by atoms with Crippen LogP contribution in [0.2, 0.25) is 5.02 Å². The van der Waals surface area contributed by atoms with E-state index in [1.165, 1.54) is 0 Å². The van der Waals surface area contributed by atoms with Gasteiger partial charge < -0.3 is 19.6 Å². The van der Waals surface area contributed by atoms with Crippen LogP contribution in [0.15, 0.2) is 33.8 Å². The van der Waals surface area contributed by atoms with Crippen LogP contribution >= 0.6 is 35.6 Å². The van der Waals surface area contributed by atoms with Crippen molar-refractivity contribution in [2.75, 3.05) is 39.3 Å². The number of carbonyl (C=O) groups is 1. The van der Waals surface area contributed by atoms with E-state index in [0.717, 1.165) is 54.6 Å². The van der Waals surface area contributed by atoms with Crippen molar-refractivity contribution in [3.63, 3.8) is 0 Å². The van der Waals surface area contributed by atoms with Gasteiger partial charge in [-0.1, -0.05) is 28.9 Å². The summed E-state index contributed by atoms with van der Waals surface area (Å²) < 4.78 is 5.23. The lowest BCUT2D eigenvalue weighted by atomic mass is 10.1. The van der Waals surface area contributed by atoms with Crippen LogP contribution in [0.5, 0.6) is 0 Å². The number of rotatable bonds is 6. The Morgan fingerprint density at radius 1 is 1.23 bits per heavy atom. The van der Waals surface area contributed by atoms with E-state index in [4.69, 9.17) is 21.1 Å². The zero-order chi connectivity index (χ0) is 21.5. The van der Waals surface area contributed by atoms with Gasteiger partial charge in [0.25, 0.3) is 0 Å². The van der Waals surface area contributed by atoms with Gasteiger partial charge in [0, 0.05) is 49.9 Å². The fourth-order valence-corrected chi connectivity index (χ4v) is 3.87. The average Bonchev–Trinajstić information content (AvgIpc) is 3.05. The molecule has 1 N–H and O–H groups in total. The number of nitrogens with one attached hydrogen (secondary N) is 1. The van der Waals surface area contributed by atoms with Crippen molar-refractivity contribution in [3.8, 4) is 0 Å². The number of hydrogen-bond acceptors (Lipinski definition) is 4. The SMILES string of the molecule is CCNC(=NCCc1c(C)noc1C)N1CCN(C(=O)Cc2cccc(Cl)c2)CC1.I. The molecule has 9 heteroatoms. The topological polar surface area (TPSA) is 74.0 Å². The molecule has 170 valence electrons. The van der Waals surface area contributed by atoms with E-state index in [-0.39, 0.29) is 29.9 Å². The van der Waals surface area contributed by atoms with Crippen LogP contribution in [0.3, 0.4) is 0 Å². The van der Waals surface area contributed by atoms with Gasteiger partial charge in [-0.15, -0.1) is 24.0 Å². The van der Waals surface area contributed by atoms with E-state index in [1.54, 1.807) is 0 Å². The minimum absolute atomic E-state index is 0. The number of nitrogens with zero attached hydrogens (tertiary/aromatic N) is 4. The van der Waals surface area contributed by atoms with Gasteiger partial charge in [0.1, 0.15) is 5.76 Å². The number of aromatic nitrogens is 1. The van der Waals surface area contributed by atoms with Gasteiger partial charge in [-0.2, -0.15) is 0 Å². The van der Waals surface area contributed by atoms with Crippen molar-refractivity contribution in [1.29, 1.82) is 0 Å². The van der Waals surface area contributed by atoms with E-state index in [0.29, 0.717) is 31.1 Å². The molecule has 2 aromatic rings. The molecular formula is C22H31ClIN5O2. The monoisotopic (exact) mass is 559 g/mol. The van der Waals surface area contributed by atoms with E-state index in [9.17, 15) is 4.79 Å². The van der Waals surface area contributed by atoms with Crippen molar-refractivity contribution in [3.05, 3.63) is 51.9 Å². The van der Waals surface area contributed by atoms with Crippen LogP contribution < -0.4 is 5.32 Å². The Balaban J connectivity index is 0.00000341. The van der Waals surface area contributed by atoms with Gasteiger partial charge in [0.05, 0.1) is 12.1 Å². The van der Waals surface area contributed by atoms with Crippen molar-refractivity contribution in [2.45, 2.75) is 33.6 Å². The van der Waals surface area contributed by atoms with Gasteiger partial charge in [-0.3, -0.25) is 9.79 Å². The van der Waals surface area contributed by atoms with Crippen molar-refractivity contribution < 1.29 is 9.32 Å². The second kappa shape index (κ2) is 12.3. The molecule has 0 unspecified atom stereocenters. The summed E-state index contributed by atoms with van der Waals surface area (Å²) in [6.45, 7) is 10.3. The van der Waals surface area contributed by atoms with Crippen molar-refractivity contribution in [1.82, 2.24) is 20.3 Å². The summed E-state index contributed by atoms with van der Waals surface area (Å²) in [5.41, 5.74) is 3.01. The first-order chi connectivity index (χ1) is 14.5. The maximum Gasteiger partial charge on any atom is 0.227 e. The smallest absolute Gasteiger partial charge is 0.227 e. The molecular weight excluding hydrogens is 529 g/mol. The summed E-state index contributed by atoms with van der Waals surface area (Å²) in [4.78, 5) is 21.6. The maximum absolute atomic E-state index is 12.7. The maximum atomic E-state index is 12.7. The highest BCUT2D eigenvalue weighted by Gasteiger charge is 2.23. The number of hydrogen-bond donors (Lipinski definition) is 1. The summed E-state index contributed by atoms with van der Waals surface area (Å²) >= 11 is 6.03. The highest BCUT2D eigenvalue weighted by Crippen LogP contribution is 2.14. The summed E-state index contributed by atoms with van der Waals surface area (Å²) in [6.07, 6.45) is 1.18. The molecule has 1 saturated heterocycles. The number of aryl methyl sites for hydroxylation is 2. The molecule has 0 aliphatic carbocycles. The van der Waals surface area contributed by atoms with Crippen LogP contribution in [-0.4, -0.2) is 66.1 Å². The molecule has 1 amide bonds. The van der Waals surface area contributed by atoms with Gasteiger partial charge in [0.15, 0.2) is 5.96 Å². The van der Waals surface area contributed by atoms with Crippen LogP contribution in [0.1, 0.15) is 29.5 Å². The summed E-state index contributed by atoms with van der Waals surface area (Å²) in [5, 5.41) is 8.04. The first-order valence-corrected chi connectivity index (χ1v) is 10.8. The lowest BCUT2D eigenvalue weighted by Gasteiger charge is -2.36. The van der Waals surface area contributed by atoms with Gasteiger partial charge in [-0.25, -0.2) is 0 Å². The van der Waals surface area contributed by atoms with E-state index in [1.807, 2.05) is 43.0 Å². The first kappa shape index (κ1) is 25.5. The molecule has 3 rings (SSSR count). The lowest BCUT2D eigenvalue weighted by Crippen LogP contribution is -2.54. The Bertz CT molecular complexity index is 874. The third-order valence-corrected chi connectivity index (χ3v) is 5.55. The molecule has 1 aromatic carbocycles. The normalized spacial score (nSPS) is 14.4. The lowest BCUT2D eigenvalue weighted by molar-refractivity contribution is -0.131. The predicted molar refractivity (Wildman–Crippen MR) is 134 cm³/mol. The molecule has 0 saturated carbocycles. The highest BCUT2D eigenvalue weighted by atomic mass is 127. The minimum atomic E-state index is 0. The Hall–Kier alpha value is -1.81. The third-order valence-electron chi connectivity index (χ3n) is 5.32. The van der Waals surface area contributed by atoms with E-state index < -0.39 is 0 Å². The number of guanidine groups is 1. The van der Waals surface area contributed by atoms with E-state index in [2.05, 4.69) is 22.3 Å². The van der Waals surface area contributed by atoms with Gasteiger partial charge >= 0.3 is 0 Å². The van der Waals surface area contributed by atoms with Crippen LogP contribution in [0, 0.1) is 13.8 Å². The average molecular weight is 560 g/mol. The second-order valence-corrected chi connectivity index (χ2v) is 7.90. The quantitative estimate of drug-likeness (QED) is 0.333. The van der Waals surface area contributed by atoms with Crippen LogP contribution in [0.25, 0.3) is 0 Å². The number of aliphatic imine (C=N–C) groups is 1. The first-order valence-electron chi connectivity index (χ1n) is 10.4. The molecule has 0 bridgehead atoms. The Kier molecular flexibility index (Phi) is 10.1. The second-order valence-electron chi connectivity index (χ2n) is 7.46. The summed E-state index contributed by atoms with van der Waals surface area (Å²) in [7, 11) is 0. The fourth-order valence-electron chi connectivity index (χ4n) is 3.66. The fraction of sp³-hybridized carbons (Fsp3) is 0.500. The van der Waals surface area contributed by atoms with Gasteiger partial charge in [-0.05, 0) is 44.9 Å². The summed E-state index contributed by atoms with van der Waals surface area (Å²) in [5.74, 6) is 1.89. The standard InChI is InChI=1S/C22H30ClN5O2.HI/c1-4-24-22(25-9-8-20-16(2)26-30-17(20)3)28-12-10-27(11-13-28)21(29)15-18-6-5-7-19(23)14-18;/h5-7,14H,4,8-13,15H2,1-3H3,(H,24,25);1H. The molecule has 1 aromatic heterocycles. The summed E-state index contributed by atoms with van der Waals surface area (Å²) in [6, 6.07) is 7.49. The minimum Gasteiger partial charge on any atom is -0.361 e. The molecule has 0 radical (unpaired) electrons. The molecule has 2 heterocycles. The zero-order valence-electron chi connectivity index (χ0n) is 18.4. The highest BCUT2D eigenvalue weighted by molar-refractivity contribution is 14.0. The van der Waals surface area contributed by atoms with E-state index >= 15 is 0 Å². The molecule has 0 atom stereocenters. The number of amides is 1. The Morgan fingerprint density at radius 2 is 1.94 bits per heavy atom. The number of benzene rings is 1. The molecule has 0 spiro atoms. The third kappa shape index (κ3) is 7.10. The number of carbonyl (C=O) groups excluding carboxylic acids is 1.